The second-order valence-corrected chi connectivity index (χ2v) is 3.25. The maximum Gasteiger partial charge on any atom is 0.337 e. The number of rotatable bonds is 3. The molecular formula is C10H8N4O3. The first-order valence-corrected chi connectivity index (χ1v) is 4.62. The van der Waals surface area contributed by atoms with E-state index < -0.39 is 11.9 Å². The van der Waals surface area contributed by atoms with Crippen LogP contribution in [-0.4, -0.2) is 31.7 Å². The van der Waals surface area contributed by atoms with E-state index in [2.05, 4.69) is 10.1 Å². The van der Waals surface area contributed by atoms with Gasteiger partial charge in [-0.3, -0.25) is 4.79 Å². The molecule has 7 nitrogen and oxygen atoms in total. The van der Waals surface area contributed by atoms with Gasteiger partial charge in [-0.2, -0.15) is 5.10 Å². The second-order valence-electron chi connectivity index (χ2n) is 3.25. The van der Waals surface area contributed by atoms with Gasteiger partial charge in [0.25, 0.3) is 5.91 Å². The van der Waals surface area contributed by atoms with Crippen LogP contribution >= 0.6 is 0 Å². The minimum absolute atomic E-state index is 0.0797. The summed E-state index contributed by atoms with van der Waals surface area (Å²) in [5, 5.41) is 12.6. The highest BCUT2D eigenvalue weighted by molar-refractivity contribution is 5.92. The van der Waals surface area contributed by atoms with Gasteiger partial charge in [-0.25, -0.2) is 14.5 Å². The van der Waals surface area contributed by atoms with E-state index >= 15 is 0 Å². The highest BCUT2D eigenvalue weighted by atomic mass is 16.4. The molecule has 0 unspecified atom stereocenters. The van der Waals surface area contributed by atoms with E-state index in [9.17, 15) is 9.59 Å². The van der Waals surface area contributed by atoms with Crippen LogP contribution in [0.2, 0.25) is 0 Å². The summed E-state index contributed by atoms with van der Waals surface area (Å²) in [6.45, 7) is 0. The predicted octanol–water partition coefficient (Wildman–Crippen LogP) is 0.0644. The van der Waals surface area contributed by atoms with E-state index in [1.54, 1.807) is 0 Å². The molecule has 0 saturated carbocycles. The summed E-state index contributed by atoms with van der Waals surface area (Å²) in [6, 6.07) is 2.89. The van der Waals surface area contributed by atoms with Gasteiger partial charge in [0.2, 0.25) is 0 Å². The fraction of sp³-hybridized carbons (Fsp3) is 0. The molecule has 86 valence electrons. The topological polar surface area (TPSA) is 111 Å². The van der Waals surface area contributed by atoms with E-state index in [4.69, 9.17) is 10.8 Å². The molecule has 0 fully saturated rings. The zero-order valence-electron chi connectivity index (χ0n) is 8.57. The smallest absolute Gasteiger partial charge is 0.337 e. The largest absolute Gasteiger partial charge is 0.478 e. The lowest BCUT2D eigenvalue weighted by molar-refractivity contribution is 0.0696. The van der Waals surface area contributed by atoms with Gasteiger partial charge in [0, 0.05) is 12.4 Å². The molecule has 0 spiro atoms. The lowest BCUT2D eigenvalue weighted by Gasteiger charge is -1.99. The van der Waals surface area contributed by atoms with E-state index in [-0.39, 0.29) is 11.1 Å². The van der Waals surface area contributed by atoms with Crippen molar-refractivity contribution in [2.75, 3.05) is 0 Å². The van der Waals surface area contributed by atoms with Crippen LogP contribution < -0.4 is 5.73 Å². The minimum Gasteiger partial charge on any atom is -0.478 e. The van der Waals surface area contributed by atoms with Crippen LogP contribution in [0.3, 0.4) is 0 Å². The Kier molecular flexibility index (Phi) is 2.57. The number of amides is 1. The molecule has 2 rings (SSSR count). The van der Waals surface area contributed by atoms with Crippen molar-refractivity contribution < 1.29 is 14.7 Å². The Morgan fingerprint density at radius 2 is 2.00 bits per heavy atom. The van der Waals surface area contributed by atoms with E-state index in [1.807, 2.05) is 0 Å². The number of hydrogen-bond donors (Lipinski definition) is 2. The molecular weight excluding hydrogens is 224 g/mol. The Balaban J connectivity index is 2.33. The summed E-state index contributed by atoms with van der Waals surface area (Å²) < 4.78 is 1.34. The summed E-state index contributed by atoms with van der Waals surface area (Å²) in [5.41, 5.74) is 5.42. The van der Waals surface area contributed by atoms with Gasteiger partial charge in [-0.1, -0.05) is 0 Å². The number of primary amides is 1. The molecule has 0 aliphatic carbocycles. The van der Waals surface area contributed by atoms with Crippen LogP contribution in [-0.2, 0) is 0 Å². The summed E-state index contributed by atoms with van der Waals surface area (Å²) in [4.78, 5) is 25.4. The van der Waals surface area contributed by atoms with Crippen molar-refractivity contribution in [3.05, 3.63) is 41.9 Å². The van der Waals surface area contributed by atoms with Gasteiger partial charge >= 0.3 is 5.97 Å². The third-order valence-electron chi connectivity index (χ3n) is 2.10. The molecule has 0 aliphatic rings. The maximum atomic E-state index is 10.9. The fourth-order valence-electron chi connectivity index (χ4n) is 1.22. The molecule has 0 aliphatic heterocycles. The SMILES string of the molecule is NC(=O)c1cnn(-c2ccc(C(=O)O)cn2)c1. The molecule has 0 bridgehead atoms. The van der Waals surface area contributed by atoms with Gasteiger partial charge in [0.1, 0.15) is 0 Å². The second kappa shape index (κ2) is 4.05. The number of carboxylic acid groups (broad SMARTS) is 1. The van der Waals surface area contributed by atoms with Gasteiger partial charge in [0.05, 0.1) is 17.3 Å². The normalized spacial score (nSPS) is 10.1. The Morgan fingerprint density at radius 3 is 2.47 bits per heavy atom. The first-order valence-electron chi connectivity index (χ1n) is 4.62. The van der Waals surface area contributed by atoms with Gasteiger partial charge in [-0.15, -0.1) is 0 Å². The molecule has 3 N–H and O–H groups in total. The highest BCUT2D eigenvalue weighted by Crippen LogP contribution is 2.06. The summed E-state index contributed by atoms with van der Waals surface area (Å²) in [7, 11) is 0. The van der Waals surface area contributed by atoms with Crippen molar-refractivity contribution in [1.29, 1.82) is 0 Å². The summed E-state index contributed by atoms with van der Waals surface area (Å²) >= 11 is 0. The summed E-state index contributed by atoms with van der Waals surface area (Å²) in [5.74, 6) is -1.23. The molecule has 0 radical (unpaired) electrons. The zero-order valence-corrected chi connectivity index (χ0v) is 8.57. The average Bonchev–Trinajstić information content (AvgIpc) is 2.78. The Labute approximate surface area is 95.5 Å². The van der Waals surface area contributed by atoms with Crippen molar-refractivity contribution in [2.45, 2.75) is 0 Å². The number of aromatic nitrogens is 3. The van der Waals surface area contributed by atoms with E-state index in [0.717, 1.165) is 0 Å². The third kappa shape index (κ3) is 2.12. The minimum atomic E-state index is -1.05. The lowest BCUT2D eigenvalue weighted by Crippen LogP contribution is -2.09. The lowest BCUT2D eigenvalue weighted by atomic mass is 10.3. The first kappa shape index (κ1) is 10.8. The molecule has 0 saturated heterocycles. The Bertz CT molecular complexity index is 573. The van der Waals surface area contributed by atoms with Crippen LogP contribution in [0.1, 0.15) is 20.7 Å². The van der Waals surface area contributed by atoms with Crippen LogP contribution in [0.15, 0.2) is 30.7 Å². The van der Waals surface area contributed by atoms with Crippen molar-refractivity contribution in [3.63, 3.8) is 0 Å². The number of aromatic carboxylic acids is 1. The molecule has 0 aromatic carbocycles. The number of nitrogens with zero attached hydrogens (tertiary/aromatic N) is 3. The van der Waals surface area contributed by atoms with E-state index in [0.29, 0.717) is 5.82 Å². The van der Waals surface area contributed by atoms with Crippen molar-refractivity contribution in [2.24, 2.45) is 5.73 Å². The van der Waals surface area contributed by atoms with Crippen LogP contribution in [0.5, 0.6) is 0 Å². The van der Waals surface area contributed by atoms with Crippen LogP contribution in [0, 0.1) is 0 Å². The standard InChI is InChI=1S/C10H8N4O3/c11-9(15)7-4-13-14(5-7)8-2-1-6(3-12-8)10(16)17/h1-5H,(H2,11,15)(H,16,17). The third-order valence-corrected chi connectivity index (χ3v) is 2.10. The fourth-order valence-corrected chi connectivity index (χ4v) is 1.22. The van der Waals surface area contributed by atoms with Gasteiger partial charge in [-0.05, 0) is 12.1 Å². The molecule has 2 heterocycles. The number of hydrogen-bond acceptors (Lipinski definition) is 4. The quantitative estimate of drug-likeness (QED) is 0.777. The molecule has 7 heteroatoms. The number of pyridine rings is 1. The molecule has 17 heavy (non-hydrogen) atoms. The van der Waals surface area contributed by atoms with Crippen LogP contribution in [0.25, 0.3) is 5.82 Å². The molecule has 0 atom stereocenters. The number of nitrogens with two attached hydrogens (primary N) is 1. The number of carbonyl (C=O) groups excluding carboxylic acids is 1. The number of carbonyl (C=O) groups is 2. The monoisotopic (exact) mass is 232 g/mol. The van der Waals surface area contributed by atoms with Crippen molar-refractivity contribution in [3.8, 4) is 5.82 Å². The molecule has 2 aromatic heterocycles. The Hall–Kier alpha value is -2.70. The van der Waals surface area contributed by atoms with Crippen molar-refractivity contribution >= 4 is 11.9 Å². The molecule has 1 amide bonds. The van der Waals surface area contributed by atoms with Crippen LogP contribution in [0.4, 0.5) is 0 Å². The Morgan fingerprint density at radius 1 is 1.24 bits per heavy atom. The van der Waals surface area contributed by atoms with E-state index in [1.165, 1.54) is 35.4 Å². The van der Waals surface area contributed by atoms with Gasteiger partial charge in [0.15, 0.2) is 5.82 Å². The summed E-state index contributed by atoms with van der Waals surface area (Å²) in [6.07, 6.45) is 3.95. The zero-order chi connectivity index (χ0) is 12.4. The highest BCUT2D eigenvalue weighted by Gasteiger charge is 2.07. The molecule has 2 aromatic rings. The first-order chi connectivity index (χ1) is 8.08. The average molecular weight is 232 g/mol. The van der Waals surface area contributed by atoms with Crippen molar-refractivity contribution in [1.82, 2.24) is 14.8 Å². The van der Waals surface area contributed by atoms with Gasteiger partial charge < -0.3 is 10.8 Å². The predicted molar refractivity (Wildman–Crippen MR) is 56.8 cm³/mol. The maximum absolute atomic E-state index is 10.9. The number of carboxylic acids is 1.